The lowest BCUT2D eigenvalue weighted by Crippen LogP contribution is -2.16. The van der Waals surface area contributed by atoms with Gasteiger partial charge in [0, 0.05) is 29.7 Å². The fraction of sp³-hybridized carbons (Fsp3) is 0.385. The Kier molecular flexibility index (Phi) is 2.43. The molecule has 1 aromatic heterocycles. The van der Waals surface area contributed by atoms with Gasteiger partial charge in [-0.25, -0.2) is 0 Å². The Bertz CT molecular complexity index is 520. The third-order valence-corrected chi connectivity index (χ3v) is 2.87. The third-order valence-electron chi connectivity index (χ3n) is 2.87. The fourth-order valence-electron chi connectivity index (χ4n) is 1.94. The summed E-state index contributed by atoms with van der Waals surface area (Å²) in [6.45, 7) is 3.53. The van der Waals surface area contributed by atoms with Gasteiger partial charge in [0.1, 0.15) is 5.75 Å². The molecule has 86 valence electrons. The predicted molar refractivity (Wildman–Crippen MR) is 64.7 cm³/mol. The summed E-state index contributed by atoms with van der Waals surface area (Å²) in [5.41, 5.74) is 1.01. The van der Waals surface area contributed by atoms with Crippen molar-refractivity contribution in [3.8, 4) is 5.75 Å². The quantitative estimate of drug-likeness (QED) is 0.841. The second-order valence-corrected chi connectivity index (χ2v) is 4.60. The Hall–Kier alpha value is -1.48. The molecule has 1 aromatic carbocycles. The van der Waals surface area contributed by atoms with E-state index in [1.165, 1.54) is 0 Å². The number of aryl methyl sites for hydroxylation is 1. The maximum Gasteiger partial charge on any atom is 0.125 e. The first-order valence-electron chi connectivity index (χ1n) is 5.29. The molecule has 0 spiro atoms. The van der Waals surface area contributed by atoms with Gasteiger partial charge in [-0.2, -0.15) is 0 Å². The van der Waals surface area contributed by atoms with E-state index in [0.717, 1.165) is 22.2 Å². The molecule has 3 heteroatoms. The van der Waals surface area contributed by atoms with Crippen molar-refractivity contribution in [1.29, 1.82) is 0 Å². The second kappa shape index (κ2) is 3.52. The Morgan fingerprint density at radius 2 is 2.00 bits per heavy atom. The van der Waals surface area contributed by atoms with Crippen molar-refractivity contribution in [3.05, 3.63) is 30.0 Å². The Labute approximate surface area is 95.3 Å². The average Bonchev–Trinajstić information content (AvgIpc) is 2.57. The van der Waals surface area contributed by atoms with E-state index in [-0.39, 0.29) is 0 Å². The summed E-state index contributed by atoms with van der Waals surface area (Å²) < 4.78 is 7.35. The summed E-state index contributed by atoms with van der Waals surface area (Å²) in [6, 6.07) is 5.98. The van der Waals surface area contributed by atoms with Gasteiger partial charge < -0.3 is 14.4 Å². The summed E-state index contributed by atoms with van der Waals surface area (Å²) in [5, 5.41) is 11.2. The van der Waals surface area contributed by atoms with Crippen LogP contribution in [0.15, 0.2) is 24.4 Å². The smallest absolute Gasteiger partial charge is 0.125 e. The van der Waals surface area contributed by atoms with Gasteiger partial charge in [-0.05, 0) is 32.0 Å². The first kappa shape index (κ1) is 11.0. The second-order valence-electron chi connectivity index (χ2n) is 4.60. The average molecular weight is 219 g/mol. The standard InChI is InChI=1S/C13H17NO2/c1-13(2,15)10-8-11-9(5-6-14(11)3)7-12(10)16-4/h5-8,15H,1-4H3. The molecule has 0 aliphatic rings. The zero-order valence-corrected chi connectivity index (χ0v) is 10.1. The molecule has 16 heavy (non-hydrogen) atoms. The fourth-order valence-corrected chi connectivity index (χ4v) is 1.94. The Morgan fingerprint density at radius 1 is 1.31 bits per heavy atom. The van der Waals surface area contributed by atoms with E-state index >= 15 is 0 Å². The van der Waals surface area contributed by atoms with Gasteiger partial charge in [0.2, 0.25) is 0 Å². The molecular formula is C13H17NO2. The number of ether oxygens (including phenoxy) is 1. The highest BCUT2D eigenvalue weighted by Gasteiger charge is 2.22. The molecule has 1 heterocycles. The number of hydrogen-bond acceptors (Lipinski definition) is 2. The molecule has 0 saturated heterocycles. The zero-order valence-electron chi connectivity index (χ0n) is 10.1. The lowest BCUT2D eigenvalue weighted by atomic mass is 9.96. The first-order chi connectivity index (χ1) is 7.43. The topological polar surface area (TPSA) is 34.4 Å². The van der Waals surface area contributed by atoms with Crippen LogP contribution in [0.4, 0.5) is 0 Å². The van der Waals surface area contributed by atoms with Gasteiger partial charge in [0.25, 0.3) is 0 Å². The minimum Gasteiger partial charge on any atom is -0.496 e. The molecule has 0 saturated carbocycles. The van der Waals surface area contributed by atoms with E-state index < -0.39 is 5.60 Å². The van der Waals surface area contributed by atoms with Crippen LogP contribution < -0.4 is 4.74 Å². The van der Waals surface area contributed by atoms with E-state index in [4.69, 9.17) is 4.74 Å². The van der Waals surface area contributed by atoms with Crippen LogP contribution in [0, 0.1) is 0 Å². The van der Waals surface area contributed by atoms with Crippen LogP contribution in [-0.2, 0) is 12.6 Å². The van der Waals surface area contributed by atoms with E-state index in [0.29, 0.717) is 0 Å². The number of hydrogen-bond donors (Lipinski definition) is 1. The van der Waals surface area contributed by atoms with E-state index in [9.17, 15) is 5.11 Å². The molecule has 0 atom stereocenters. The number of methoxy groups -OCH3 is 1. The SMILES string of the molecule is COc1cc2ccn(C)c2cc1C(C)(C)O. The molecule has 2 aromatic rings. The molecular weight excluding hydrogens is 202 g/mol. The molecule has 0 bridgehead atoms. The van der Waals surface area contributed by atoms with Crippen LogP contribution in [0.25, 0.3) is 10.9 Å². The molecule has 0 aliphatic heterocycles. The van der Waals surface area contributed by atoms with Gasteiger partial charge in [-0.15, -0.1) is 0 Å². The van der Waals surface area contributed by atoms with Gasteiger partial charge in [-0.3, -0.25) is 0 Å². The van der Waals surface area contributed by atoms with Crippen molar-refractivity contribution in [2.75, 3.05) is 7.11 Å². The highest BCUT2D eigenvalue weighted by atomic mass is 16.5. The number of rotatable bonds is 2. The number of aliphatic hydroxyl groups is 1. The lowest BCUT2D eigenvalue weighted by molar-refractivity contribution is 0.0758. The Balaban J connectivity index is 2.75. The largest absolute Gasteiger partial charge is 0.496 e. The number of aromatic nitrogens is 1. The maximum atomic E-state index is 10.1. The monoisotopic (exact) mass is 219 g/mol. The summed E-state index contributed by atoms with van der Waals surface area (Å²) in [4.78, 5) is 0. The van der Waals surface area contributed by atoms with Crippen molar-refractivity contribution in [2.24, 2.45) is 7.05 Å². The zero-order chi connectivity index (χ0) is 11.9. The highest BCUT2D eigenvalue weighted by molar-refractivity contribution is 5.83. The van der Waals surface area contributed by atoms with Crippen molar-refractivity contribution in [3.63, 3.8) is 0 Å². The first-order valence-corrected chi connectivity index (χ1v) is 5.29. The van der Waals surface area contributed by atoms with Crippen LogP contribution in [-0.4, -0.2) is 16.8 Å². The third kappa shape index (κ3) is 1.67. The number of nitrogens with zero attached hydrogens (tertiary/aromatic N) is 1. The van der Waals surface area contributed by atoms with E-state index in [1.54, 1.807) is 21.0 Å². The van der Waals surface area contributed by atoms with Crippen LogP contribution >= 0.6 is 0 Å². The number of benzene rings is 1. The highest BCUT2D eigenvalue weighted by Crippen LogP contribution is 2.33. The molecule has 0 aliphatic carbocycles. The molecule has 0 fully saturated rings. The number of fused-ring (bicyclic) bond motifs is 1. The van der Waals surface area contributed by atoms with Gasteiger partial charge in [-0.1, -0.05) is 0 Å². The molecule has 2 rings (SSSR count). The predicted octanol–water partition coefficient (Wildman–Crippen LogP) is 2.41. The normalized spacial score (nSPS) is 12.1. The van der Waals surface area contributed by atoms with Crippen LogP contribution in [0.5, 0.6) is 5.75 Å². The van der Waals surface area contributed by atoms with Crippen LogP contribution in [0.1, 0.15) is 19.4 Å². The van der Waals surface area contributed by atoms with Crippen LogP contribution in [0.3, 0.4) is 0 Å². The van der Waals surface area contributed by atoms with Crippen molar-refractivity contribution in [2.45, 2.75) is 19.4 Å². The van der Waals surface area contributed by atoms with Crippen molar-refractivity contribution < 1.29 is 9.84 Å². The van der Waals surface area contributed by atoms with E-state index in [1.807, 2.05) is 36.0 Å². The minimum atomic E-state index is -0.899. The molecule has 3 nitrogen and oxygen atoms in total. The molecule has 0 unspecified atom stereocenters. The summed E-state index contributed by atoms with van der Waals surface area (Å²) in [6.07, 6.45) is 2.00. The van der Waals surface area contributed by atoms with Gasteiger partial charge in [0.15, 0.2) is 0 Å². The molecule has 1 N–H and O–H groups in total. The summed E-state index contributed by atoms with van der Waals surface area (Å²) in [7, 11) is 3.61. The van der Waals surface area contributed by atoms with Crippen molar-refractivity contribution in [1.82, 2.24) is 4.57 Å². The lowest BCUT2D eigenvalue weighted by Gasteiger charge is -2.21. The molecule has 0 radical (unpaired) electrons. The van der Waals surface area contributed by atoms with Crippen molar-refractivity contribution >= 4 is 10.9 Å². The van der Waals surface area contributed by atoms with Gasteiger partial charge >= 0.3 is 0 Å². The summed E-state index contributed by atoms with van der Waals surface area (Å²) in [5.74, 6) is 0.728. The Morgan fingerprint density at radius 3 is 2.56 bits per heavy atom. The minimum absolute atomic E-state index is 0.728. The maximum absolute atomic E-state index is 10.1. The summed E-state index contributed by atoms with van der Waals surface area (Å²) >= 11 is 0. The van der Waals surface area contributed by atoms with E-state index in [2.05, 4.69) is 0 Å². The van der Waals surface area contributed by atoms with Gasteiger partial charge in [0.05, 0.1) is 12.7 Å². The molecule has 0 amide bonds. The van der Waals surface area contributed by atoms with Crippen LogP contribution in [0.2, 0.25) is 0 Å².